The first kappa shape index (κ1) is 16.8. The SMILES string of the molecule is CCCCOC(=O)/C=C/c1ccc(/C=C/c2ccccc2)cc1. The number of hydrogen-bond acceptors (Lipinski definition) is 2. The molecule has 0 radical (unpaired) electrons. The molecule has 118 valence electrons. The summed E-state index contributed by atoms with van der Waals surface area (Å²) in [5, 5.41) is 0. The molecule has 0 saturated carbocycles. The van der Waals surface area contributed by atoms with Gasteiger partial charge in [-0.15, -0.1) is 0 Å². The molecule has 2 nitrogen and oxygen atoms in total. The first-order valence-corrected chi connectivity index (χ1v) is 7.96. The van der Waals surface area contributed by atoms with Gasteiger partial charge in [0.15, 0.2) is 0 Å². The van der Waals surface area contributed by atoms with Crippen LogP contribution >= 0.6 is 0 Å². The van der Waals surface area contributed by atoms with Crippen LogP contribution in [0.4, 0.5) is 0 Å². The van der Waals surface area contributed by atoms with Gasteiger partial charge in [0.1, 0.15) is 0 Å². The summed E-state index contributed by atoms with van der Waals surface area (Å²) in [6.45, 7) is 2.56. The first-order valence-electron chi connectivity index (χ1n) is 7.96. The molecule has 0 aliphatic carbocycles. The lowest BCUT2D eigenvalue weighted by Gasteiger charge is -1.99. The van der Waals surface area contributed by atoms with Crippen LogP contribution < -0.4 is 0 Å². The highest BCUT2D eigenvalue weighted by molar-refractivity contribution is 5.87. The van der Waals surface area contributed by atoms with E-state index in [0.717, 1.165) is 24.0 Å². The summed E-state index contributed by atoms with van der Waals surface area (Å²) in [6.07, 6.45) is 9.33. The van der Waals surface area contributed by atoms with Crippen LogP contribution in [0.5, 0.6) is 0 Å². The Bertz CT molecular complexity index is 652. The number of carbonyl (C=O) groups is 1. The molecule has 0 saturated heterocycles. The van der Waals surface area contributed by atoms with Gasteiger partial charge in [-0.25, -0.2) is 4.79 Å². The Morgan fingerprint density at radius 3 is 2.04 bits per heavy atom. The summed E-state index contributed by atoms with van der Waals surface area (Å²) in [5.41, 5.74) is 3.28. The molecule has 23 heavy (non-hydrogen) atoms. The fourth-order valence-electron chi connectivity index (χ4n) is 2.00. The molecule has 0 aliphatic heterocycles. The normalized spacial score (nSPS) is 11.2. The average Bonchev–Trinajstić information content (AvgIpc) is 2.60. The Kier molecular flexibility index (Phi) is 6.86. The van der Waals surface area contributed by atoms with Gasteiger partial charge in [0.2, 0.25) is 0 Å². The van der Waals surface area contributed by atoms with Gasteiger partial charge in [0.05, 0.1) is 6.61 Å². The van der Waals surface area contributed by atoms with Crippen LogP contribution in [0, 0.1) is 0 Å². The summed E-state index contributed by atoms with van der Waals surface area (Å²) in [7, 11) is 0. The third-order valence-electron chi connectivity index (χ3n) is 3.36. The smallest absolute Gasteiger partial charge is 0.330 e. The van der Waals surface area contributed by atoms with E-state index in [9.17, 15) is 4.79 Å². The van der Waals surface area contributed by atoms with Gasteiger partial charge >= 0.3 is 5.97 Å². The van der Waals surface area contributed by atoms with Crippen molar-refractivity contribution in [1.29, 1.82) is 0 Å². The quantitative estimate of drug-likeness (QED) is 0.304. The molecule has 2 aromatic carbocycles. The molecular weight excluding hydrogens is 284 g/mol. The Morgan fingerprint density at radius 2 is 1.43 bits per heavy atom. The van der Waals surface area contributed by atoms with E-state index >= 15 is 0 Å². The number of ether oxygens (including phenoxy) is 1. The van der Waals surface area contributed by atoms with Crippen molar-refractivity contribution in [2.24, 2.45) is 0 Å². The molecule has 0 unspecified atom stereocenters. The van der Waals surface area contributed by atoms with Crippen LogP contribution in [0.1, 0.15) is 36.5 Å². The van der Waals surface area contributed by atoms with Crippen molar-refractivity contribution in [2.45, 2.75) is 19.8 Å². The Labute approximate surface area is 138 Å². The summed E-state index contributed by atoms with van der Waals surface area (Å²) < 4.78 is 5.08. The van der Waals surface area contributed by atoms with E-state index in [0.29, 0.717) is 6.61 Å². The molecule has 0 spiro atoms. The lowest BCUT2D eigenvalue weighted by Crippen LogP contribution is -2.01. The molecule has 0 heterocycles. The number of esters is 1. The van der Waals surface area contributed by atoms with E-state index in [-0.39, 0.29) is 5.97 Å². The molecule has 2 heteroatoms. The maximum atomic E-state index is 11.5. The van der Waals surface area contributed by atoms with E-state index in [2.05, 4.69) is 31.2 Å². The second-order valence-electron chi connectivity index (χ2n) is 5.27. The maximum Gasteiger partial charge on any atom is 0.330 e. The zero-order valence-electron chi connectivity index (χ0n) is 13.4. The Morgan fingerprint density at radius 1 is 0.870 bits per heavy atom. The molecule has 0 bridgehead atoms. The lowest BCUT2D eigenvalue weighted by atomic mass is 10.1. The number of unbranched alkanes of at least 4 members (excludes halogenated alkanes) is 1. The summed E-state index contributed by atoms with van der Waals surface area (Å²) in [4.78, 5) is 11.5. The molecule has 0 N–H and O–H groups in total. The van der Waals surface area contributed by atoms with Crippen molar-refractivity contribution in [3.63, 3.8) is 0 Å². The summed E-state index contributed by atoms with van der Waals surface area (Å²) in [5.74, 6) is -0.286. The van der Waals surface area contributed by atoms with Gasteiger partial charge in [-0.3, -0.25) is 0 Å². The van der Waals surface area contributed by atoms with Gasteiger partial charge in [-0.2, -0.15) is 0 Å². The summed E-state index contributed by atoms with van der Waals surface area (Å²) >= 11 is 0. The predicted molar refractivity (Wildman–Crippen MR) is 96.7 cm³/mol. The highest BCUT2D eigenvalue weighted by Crippen LogP contribution is 2.10. The van der Waals surface area contributed by atoms with Crippen molar-refractivity contribution >= 4 is 24.2 Å². The summed E-state index contributed by atoms with van der Waals surface area (Å²) in [6, 6.07) is 18.2. The molecule has 0 amide bonds. The number of rotatable bonds is 7. The van der Waals surface area contributed by atoms with Gasteiger partial charge in [-0.1, -0.05) is 80.1 Å². The lowest BCUT2D eigenvalue weighted by molar-refractivity contribution is -0.137. The van der Waals surface area contributed by atoms with Crippen molar-refractivity contribution in [3.8, 4) is 0 Å². The minimum absolute atomic E-state index is 0.286. The topological polar surface area (TPSA) is 26.3 Å². The Balaban J connectivity index is 1.89. The van der Waals surface area contributed by atoms with E-state index in [4.69, 9.17) is 4.74 Å². The second kappa shape index (κ2) is 9.42. The molecule has 0 fully saturated rings. The largest absolute Gasteiger partial charge is 0.463 e. The van der Waals surface area contributed by atoms with Crippen molar-refractivity contribution in [3.05, 3.63) is 77.4 Å². The van der Waals surface area contributed by atoms with Gasteiger partial charge in [-0.05, 0) is 29.2 Å². The van der Waals surface area contributed by atoms with Crippen LogP contribution in [0.15, 0.2) is 60.7 Å². The van der Waals surface area contributed by atoms with E-state index in [1.807, 2.05) is 42.5 Å². The van der Waals surface area contributed by atoms with Crippen molar-refractivity contribution < 1.29 is 9.53 Å². The fourth-order valence-corrected chi connectivity index (χ4v) is 2.00. The standard InChI is InChI=1S/C21H22O2/c1-2-3-17-23-21(22)16-15-20-13-11-19(12-14-20)10-9-18-7-5-4-6-8-18/h4-16H,2-3,17H2,1H3/b10-9+,16-15+. The Hall–Kier alpha value is -2.61. The van der Waals surface area contributed by atoms with Gasteiger partial charge < -0.3 is 4.74 Å². The second-order valence-corrected chi connectivity index (χ2v) is 5.27. The maximum absolute atomic E-state index is 11.5. The third-order valence-corrected chi connectivity index (χ3v) is 3.36. The fraction of sp³-hybridized carbons (Fsp3) is 0.190. The van der Waals surface area contributed by atoms with Crippen molar-refractivity contribution in [2.75, 3.05) is 6.61 Å². The van der Waals surface area contributed by atoms with Crippen LogP contribution in [0.25, 0.3) is 18.2 Å². The van der Waals surface area contributed by atoms with Gasteiger partial charge in [0.25, 0.3) is 0 Å². The minimum Gasteiger partial charge on any atom is -0.463 e. The third kappa shape index (κ3) is 6.35. The highest BCUT2D eigenvalue weighted by Gasteiger charge is 1.96. The highest BCUT2D eigenvalue weighted by atomic mass is 16.5. The molecule has 0 aromatic heterocycles. The van der Waals surface area contributed by atoms with E-state index in [1.165, 1.54) is 11.6 Å². The van der Waals surface area contributed by atoms with Gasteiger partial charge in [0, 0.05) is 6.08 Å². The number of carbonyl (C=O) groups excluding carboxylic acids is 1. The van der Waals surface area contributed by atoms with Crippen LogP contribution in [0.2, 0.25) is 0 Å². The minimum atomic E-state index is -0.286. The zero-order chi connectivity index (χ0) is 16.3. The molecule has 0 atom stereocenters. The zero-order valence-corrected chi connectivity index (χ0v) is 13.4. The average molecular weight is 306 g/mol. The van der Waals surface area contributed by atoms with Crippen molar-refractivity contribution in [1.82, 2.24) is 0 Å². The van der Waals surface area contributed by atoms with Crippen LogP contribution in [0.3, 0.4) is 0 Å². The number of benzene rings is 2. The van der Waals surface area contributed by atoms with E-state index in [1.54, 1.807) is 6.08 Å². The predicted octanol–water partition coefficient (Wildman–Crippen LogP) is 5.21. The monoisotopic (exact) mass is 306 g/mol. The molecule has 2 rings (SSSR count). The molecular formula is C21H22O2. The molecule has 0 aliphatic rings. The van der Waals surface area contributed by atoms with Crippen LogP contribution in [-0.2, 0) is 9.53 Å². The van der Waals surface area contributed by atoms with Crippen LogP contribution in [-0.4, -0.2) is 12.6 Å². The molecule has 2 aromatic rings. The number of hydrogen-bond donors (Lipinski definition) is 0. The first-order chi connectivity index (χ1) is 11.3. The van der Waals surface area contributed by atoms with E-state index < -0.39 is 0 Å².